The second kappa shape index (κ2) is 4.51. The van der Waals surface area contributed by atoms with E-state index in [0.29, 0.717) is 23.6 Å². The number of fused-ring (bicyclic) bond motifs is 1. The molecule has 6 nitrogen and oxygen atoms in total. The molecular weight excluding hydrogens is 206 g/mol. The number of aliphatic hydroxyl groups is 1. The first kappa shape index (κ1) is 10.3. The van der Waals surface area contributed by atoms with Crippen LogP contribution in [0.4, 0.5) is 0 Å². The summed E-state index contributed by atoms with van der Waals surface area (Å²) in [4.78, 5) is 7.97. The molecule has 2 aromatic heterocycles. The zero-order valence-corrected chi connectivity index (χ0v) is 8.41. The summed E-state index contributed by atoms with van der Waals surface area (Å²) in [5.74, 6) is 0. The Bertz CT molecular complexity index is 566. The zero-order valence-electron chi connectivity index (χ0n) is 8.41. The minimum atomic E-state index is 0.00721. The van der Waals surface area contributed by atoms with Crippen LogP contribution < -0.4 is 0 Å². The number of hydrogen-bond donors (Lipinski definition) is 1. The van der Waals surface area contributed by atoms with Crippen molar-refractivity contribution in [1.29, 1.82) is 5.26 Å². The van der Waals surface area contributed by atoms with Gasteiger partial charge in [0.05, 0.1) is 19.3 Å². The van der Waals surface area contributed by atoms with E-state index in [1.807, 2.05) is 6.07 Å². The predicted octanol–water partition coefficient (Wildman–Crippen LogP) is 0.0122. The van der Waals surface area contributed by atoms with Crippen molar-refractivity contribution < 1.29 is 5.11 Å². The van der Waals surface area contributed by atoms with Crippen LogP contribution in [0, 0.1) is 11.3 Å². The van der Waals surface area contributed by atoms with E-state index in [2.05, 4.69) is 15.1 Å². The van der Waals surface area contributed by atoms with Crippen LogP contribution in [-0.4, -0.2) is 39.1 Å². The normalized spacial score (nSPS) is 11.0. The highest BCUT2D eigenvalue weighted by Gasteiger charge is 2.03. The number of imidazole rings is 1. The lowest BCUT2D eigenvalue weighted by Gasteiger charge is -1.95. The molecule has 0 saturated carbocycles. The molecule has 0 aliphatic carbocycles. The van der Waals surface area contributed by atoms with Crippen LogP contribution in [-0.2, 0) is 0 Å². The van der Waals surface area contributed by atoms with Crippen molar-refractivity contribution in [2.45, 2.75) is 0 Å². The van der Waals surface area contributed by atoms with Crippen LogP contribution >= 0.6 is 0 Å². The summed E-state index contributed by atoms with van der Waals surface area (Å²) in [5.41, 5.74) is 1.62. The van der Waals surface area contributed by atoms with Crippen LogP contribution in [0.3, 0.4) is 0 Å². The maximum Gasteiger partial charge on any atom is 0.162 e. The Labute approximate surface area is 91.5 Å². The van der Waals surface area contributed by atoms with E-state index in [-0.39, 0.29) is 6.61 Å². The summed E-state index contributed by atoms with van der Waals surface area (Å²) in [7, 11) is 0. The van der Waals surface area contributed by atoms with E-state index in [4.69, 9.17) is 10.4 Å². The minimum absolute atomic E-state index is 0.00721. The van der Waals surface area contributed by atoms with Gasteiger partial charge in [-0.05, 0) is 12.1 Å². The van der Waals surface area contributed by atoms with Gasteiger partial charge in [0, 0.05) is 6.21 Å². The molecule has 0 radical (unpaired) electrons. The molecule has 0 atom stereocenters. The molecular formula is C10H9N5O. The molecule has 1 N–H and O–H groups in total. The van der Waals surface area contributed by atoms with Crippen molar-refractivity contribution in [2.24, 2.45) is 4.99 Å². The van der Waals surface area contributed by atoms with Crippen molar-refractivity contribution in [2.75, 3.05) is 13.2 Å². The third-order valence-corrected chi connectivity index (χ3v) is 1.95. The number of aliphatic imine (C=N–C) groups is 1. The minimum Gasteiger partial charge on any atom is -0.394 e. The lowest BCUT2D eigenvalue weighted by molar-refractivity contribution is 0.307. The Balaban J connectivity index is 2.39. The van der Waals surface area contributed by atoms with E-state index in [0.717, 1.165) is 0 Å². The van der Waals surface area contributed by atoms with Gasteiger partial charge >= 0.3 is 0 Å². The Kier molecular flexibility index (Phi) is 2.89. The lowest BCUT2D eigenvalue weighted by Crippen LogP contribution is -1.99. The molecule has 0 amide bonds. The summed E-state index contributed by atoms with van der Waals surface area (Å²) in [6, 6.07) is 5.51. The molecule has 2 aromatic rings. The van der Waals surface area contributed by atoms with Gasteiger partial charge in [-0.2, -0.15) is 10.4 Å². The smallest absolute Gasteiger partial charge is 0.162 e. The molecule has 2 rings (SSSR count). The standard InChI is InChI=1S/C10H9N5O/c11-5-9-7-13-10-2-1-8(14-15(9)10)6-12-3-4-16/h1-2,6-7,16H,3-4H2/b12-6+. The SMILES string of the molecule is N#Cc1cnc2ccc(/C=N/CCO)nn12. The number of aromatic nitrogens is 3. The first-order chi connectivity index (χ1) is 7.85. The van der Waals surface area contributed by atoms with Crippen molar-refractivity contribution in [3.05, 3.63) is 29.7 Å². The van der Waals surface area contributed by atoms with Gasteiger partial charge in [-0.1, -0.05) is 0 Å². The van der Waals surface area contributed by atoms with E-state index in [9.17, 15) is 0 Å². The third kappa shape index (κ3) is 1.89. The summed E-state index contributed by atoms with van der Waals surface area (Å²) < 4.78 is 1.46. The Hall–Kier alpha value is -2.26. The highest BCUT2D eigenvalue weighted by molar-refractivity contribution is 5.77. The quantitative estimate of drug-likeness (QED) is 0.731. The molecule has 0 unspecified atom stereocenters. The maximum atomic E-state index is 8.81. The topological polar surface area (TPSA) is 86.6 Å². The molecule has 6 heteroatoms. The highest BCUT2D eigenvalue weighted by Crippen LogP contribution is 2.03. The molecule has 0 aromatic carbocycles. The molecule has 0 spiro atoms. The summed E-state index contributed by atoms with van der Waals surface area (Å²) in [6.07, 6.45) is 3.02. The number of rotatable bonds is 3. The second-order valence-corrected chi connectivity index (χ2v) is 3.04. The van der Waals surface area contributed by atoms with Crippen molar-refractivity contribution in [3.63, 3.8) is 0 Å². The first-order valence-electron chi connectivity index (χ1n) is 4.70. The first-order valence-corrected chi connectivity index (χ1v) is 4.70. The Morgan fingerprint density at radius 3 is 3.19 bits per heavy atom. The van der Waals surface area contributed by atoms with Crippen LogP contribution in [0.25, 0.3) is 5.65 Å². The number of hydrogen-bond acceptors (Lipinski definition) is 5. The third-order valence-electron chi connectivity index (χ3n) is 1.95. The Morgan fingerprint density at radius 2 is 2.44 bits per heavy atom. The molecule has 16 heavy (non-hydrogen) atoms. The van der Waals surface area contributed by atoms with Gasteiger partial charge in [0.1, 0.15) is 11.8 Å². The van der Waals surface area contributed by atoms with Gasteiger partial charge in [-0.15, -0.1) is 0 Å². The Morgan fingerprint density at radius 1 is 1.56 bits per heavy atom. The van der Waals surface area contributed by atoms with Crippen LogP contribution in [0.2, 0.25) is 0 Å². The molecule has 0 aliphatic heterocycles. The van der Waals surface area contributed by atoms with Gasteiger partial charge < -0.3 is 5.11 Å². The zero-order chi connectivity index (χ0) is 11.4. The predicted molar refractivity (Wildman–Crippen MR) is 57.2 cm³/mol. The fourth-order valence-corrected chi connectivity index (χ4v) is 1.25. The molecule has 0 saturated heterocycles. The second-order valence-electron chi connectivity index (χ2n) is 3.04. The average molecular weight is 215 g/mol. The fraction of sp³-hybridized carbons (Fsp3) is 0.200. The van der Waals surface area contributed by atoms with Crippen LogP contribution in [0.1, 0.15) is 11.4 Å². The van der Waals surface area contributed by atoms with E-state index in [1.165, 1.54) is 10.7 Å². The fourth-order valence-electron chi connectivity index (χ4n) is 1.25. The van der Waals surface area contributed by atoms with Gasteiger partial charge in [0.15, 0.2) is 11.3 Å². The molecule has 0 aliphatic rings. The summed E-state index contributed by atoms with van der Waals surface area (Å²) in [5, 5.41) is 21.6. The maximum absolute atomic E-state index is 8.81. The van der Waals surface area contributed by atoms with Crippen molar-refractivity contribution in [3.8, 4) is 6.07 Å². The summed E-state index contributed by atoms with van der Waals surface area (Å²) >= 11 is 0. The van der Waals surface area contributed by atoms with Crippen molar-refractivity contribution >= 4 is 11.9 Å². The van der Waals surface area contributed by atoms with Crippen LogP contribution in [0.5, 0.6) is 0 Å². The summed E-state index contributed by atoms with van der Waals surface area (Å²) in [6.45, 7) is 0.349. The van der Waals surface area contributed by atoms with E-state index in [1.54, 1.807) is 18.3 Å². The van der Waals surface area contributed by atoms with E-state index >= 15 is 0 Å². The molecule has 2 heterocycles. The number of nitrogens with zero attached hydrogens (tertiary/aromatic N) is 5. The monoisotopic (exact) mass is 215 g/mol. The largest absolute Gasteiger partial charge is 0.394 e. The molecule has 0 bridgehead atoms. The molecule has 80 valence electrons. The number of aliphatic hydroxyl groups excluding tert-OH is 1. The van der Waals surface area contributed by atoms with Crippen molar-refractivity contribution in [1.82, 2.24) is 14.6 Å². The van der Waals surface area contributed by atoms with Gasteiger partial charge in [-0.3, -0.25) is 4.99 Å². The number of nitriles is 1. The van der Waals surface area contributed by atoms with Gasteiger partial charge in [0.2, 0.25) is 0 Å². The lowest BCUT2D eigenvalue weighted by atomic mass is 10.4. The van der Waals surface area contributed by atoms with Gasteiger partial charge in [-0.25, -0.2) is 9.50 Å². The molecule has 0 fully saturated rings. The highest BCUT2D eigenvalue weighted by atomic mass is 16.3. The average Bonchev–Trinajstić information content (AvgIpc) is 2.71. The van der Waals surface area contributed by atoms with Crippen LogP contribution in [0.15, 0.2) is 23.3 Å². The van der Waals surface area contributed by atoms with E-state index < -0.39 is 0 Å². The van der Waals surface area contributed by atoms with Gasteiger partial charge in [0.25, 0.3) is 0 Å².